The van der Waals surface area contributed by atoms with Crippen LogP contribution in [0.1, 0.15) is 56.2 Å². The highest BCUT2D eigenvalue weighted by atomic mass is 16.6. The number of aryl methyl sites for hydroxylation is 1. The SMILES string of the molecule is Cc1nnn(-c2cccc(C(=O)NC(CCCN(C)C(=O)OC(C)(C)C)CC(=O)O)c2)n1. The number of carbonyl (C=O) groups excluding carboxylic acids is 2. The van der Waals surface area contributed by atoms with Crippen molar-refractivity contribution in [3.63, 3.8) is 0 Å². The first-order chi connectivity index (χ1) is 14.9. The van der Waals surface area contributed by atoms with Gasteiger partial charge in [-0.2, -0.15) is 0 Å². The van der Waals surface area contributed by atoms with Crippen LogP contribution < -0.4 is 5.32 Å². The number of carboxylic acid groups (broad SMARTS) is 1. The summed E-state index contributed by atoms with van der Waals surface area (Å²) in [5.74, 6) is -0.931. The second kappa shape index (κ2) is 10.7. The van der Waals surface area contributed by atoms with Crippen LogP contribution in [0.5, 0.6) is 0 Å². The molecule has 2 amide bonds. The lowest BCUT2D eigenvalue weighted by Crippen LogP contribution is -2.38. The molecule has 2 rings (SSSR count). The van der Waals surface area contributed by atoms with Crippen molar-refractivity contribution in [3.05, 3.63) is 35.7 Å². The monoisotopic (exact) mass is 446 g/mol. The fourth-order valence-corrected chi connectivity index (χ4v) is 2.88. The Labute approximate surface area is 186 Å². The Hall–Kier alpha value is -3.50. The summed E-state index contributed by atoms with van der Waals surface area (Å²) in [5.41, 5.74) is 0.311. The van der Waals surface area contributed by atoms with E-state index in [9.17, 15) is 19.5 Å². The lowest BCUT2D eigenvalue weighted by molar-refractivity contribution is -0.137. The summed E-state index contributed by atoms with van der Waals surface area (Å²) in [4.78, 5) is 38.8. The molecular weight excluding hydrogens is 416 g/mol. The van der Waals surface area contributed by atoms with Crippen LogP contribution in [0.2, 0.25) is 0 Å². The fraction of sp³-hybridized carbons (Fsp3) is 0.524. The van der Waals surface area contributed by atoms with Gasteiger partial charge in [0, 0.05) is 25.2 Å². The van der Waals surface area contributed by atoms with Gasteiger partial charge in [-0.3, -0.25) is 9.59 Å². The molecule has 0 fully saturated rings. The van der Waals surface area contributed by atoms with Gasteiger partial charge in [-0.05, 0) is 63.9 Å². The molecule has 1 heterocycles. The van der Waals surface area contributed by atoms with E-state index < -0.39 is 29.6 Å². The molecule has 0 saturated carbocycles. The maximum absolute atomic E-state index is 12.7. The number of tetrazole rings is 1. The van der Waals surface area contributed by atoms with Crippen LogP contribution in [-0.4, -0.2) is 73.4 Å². The normalized spacial score (nSPS) is 12.2. The second-order valence-corrected chi connectivity index (χ2v) is 8.49. The van der Waals surface area contributed by atoms with Crippen LogP contribution in [0.3, 0.4) is 0 Å². The lowest BCUT2D eigenvalue weighted by Gasteiger charge is -2.25. The molecule has 174 valence electrons. The summed E-state index contributed by atoms with van der Waals surface area (Å²) in [6, 6.07) is 6.05. The number of benzene rings is 1. The first kappa shape index (κ1) is 24.8. The molecule has 0 aliphatic carbocycles. The number of nitrogens with zero attached hydrogens (tertiary/aromatic N) is 5. The largest absolute Gasteiger partial charge is 0.481 e. The molecule has 0 aliphatic heterocycles. The molecule has 1 aromatic carbocycles. The topological polar surface area (TPSA) is 140 Å². The molecule has 1 unspecified atom stereocenters. The second-order valence-electron chi connectivity index (χ2n) is 8.49. The van der Waals surface area contributed by atoms with Gasteiger partial charge in [0.2, 0.25) is 0 Å². The predicted octanol–water partition coefficient (Wildman–Crippen LogP) is 2.19. The van der Waals surface area contributed by atoms with Gasteiger partial charge in [-0.1, -0.05) is 6.07 Å². The van der Waals surface area contributed by atoms with Crippen LogP contribution in [-0.2, 0) is 9.53 Å². The van der Waals surface area contributed by atoms with Gasteiger partial charge in [-0.15, -0.1) is 15.0 Å². The Morgan fingerprint density at radius 2 is 2.00 bits per heavy atom. The standard InChI is InChI=1S/C21H30N6O5/c1-14-23-25-27(24-14)17-10-6-8-15(12-17)19(30)22-16(13-18(28)29)9-7-11-26(5)20(31)32-21(2,3)4/h6,8,10,12,16H,7,9,11,13H2,1-5H3,(H,22,30)(H,28,29). The van der Waals surface area contributed by atoms with Crippen molar-refractivity contribution in [1.29, 1.82) is 0 Å². The maximum atomic E-state index is 12.7. The van der Waals surface area contributed by atoms with E-state index in [-0.39, 0.29) is 6.42 Å². The van der Waals surface area contributed by atoms with E-state index in [1.807, 2.05) is 0 Å². The number of carbonyl (C=O) groups is 3. The molecule has 0 aliphatic rings. The third kappa shape index (κ3) is 7.97. The zero-order valence-corrected chi connectivity index (χ0v) is 19.0. The number of amides is 2. The number of aliphatic carboxylic acids is 1. The summed E-state index contributed by atoms with van der Waals surface area (Å²) >= 11 is 0. The third-order valence-electron chi connectivity index (χ3n) is 4.36. The highest BCUT2D eigenvalue weighted by molar-refractivity contribution is 5.95. The van der Waals surface area contributed by atoms with Crippen LogP contribution in [0.4, 0.5) is 4.79 Å². The molecule has 0 bridgehead atoms. The van der Waals surface area contributed by atoms with E-state index in [2.05, 4.69) is 20.7 Å². The van der Waals surface area contributed by atoms with Crippen molar-refractivity contribution < 1.29 is 24.2 Å². The summed E-state index contributed by atoms with van der Waals surface area (Å²) in [7, 11) is 1.62. The molecule has 11 heteroatoms. The summed E-state index contributed by atoms with van der Waals surface area (Å²) < 4.78 is 5.30. The third-order valence-corrected chi connectivity index (χ3v) is 4.36. The summed E-state index contributed by atoms with van der Waals surface area (Å²) in [6.07, 6.45) is 0.195. The molecule has 0 spiro atoms. The maximum Gasteiger partial charge on any atom is 0.410 e. The van der Waals surface area contributed by atoms with E-state index in [1.165, 1.54) is 9.70 Å². The van der Waals surface area contributed by atoms with E-state index in [4.69, 9.17) is 4.74 Å². The Kier molecular flexibility index (Phi) is 8.27. The van der Waals surface area contributed by atoms with Crippen molar-refractivity contribution in [2.24, 2.45) is 0 Å². The Balaban J connectivity index is 1.97. The van der Waals surface area contributed by atoms with Crippen molar-refractivity contribution >= 4 is 18.0 Å². The molecule has 32 heavy (non-hydrogen) atoms. The van der Waals surface area contributed by atoms with Crippen LogP contribution >= 0.6 is 0 Å². The van der Waals surface area contributed by atoms with Crippen LogP contribution in [0.15, 0.2) is 24.3 Å². The molecular formula is C21H30N6O5. The highest BCUT2D eigenvalue weighted by Crippen LogP contribution is 2.12. The minimum Gasteiger partial charge on any atom is -0.481 e. The zero-order chi connectivity index (χ0) is 23.9. The van der Waals surface area contributed by atoms with Gasteiger partial charge in [0.05, 0.1) is 12.1 Å². The fourth-order valence-electron chi connectivity index (χ4n) is 2.88. The number of hydrogen-bond donors (Lipinski definition) is 2. The van der Waals surface area contributed by atoms with Crippen molar-refractivity contribution in [2.75, 3.05) is 13.6 Å². The summed E-state index contributed by atoms with van der Waals surface area (Å²) in [6.45, 7) is 7.43. The number of hydrogen-bond acceptors (Lipinski definition) is 7. The van der Waals surface area contributed by atoms with Crippen molar-refractivity contribution in [2.45, 2.75) is 58.6 Å². The first-order valence-corrected chi connectivity index (χ1v) is 10.3. The molecule has 1 atom stereocenters. The lowest BCUT2D eigenvalue weighted by atomic mass is 10.1. The molecule has 11 nitrogen and oxygen atoms in total. The van der Waals surface area contributed by atoms with Gasteiger partial charge < -0.3 is 20.1 Å². The molecule has 2 aromatic rings. The molecule has 0 radical (unpaired) electrons. The van der Waals surface area contributed by atoms with Gasteiger partial charge >= 0.3 is 12.1 Å². The van der Waals surface area contributed by atoms with E-state index >= 15 is 0 Å². The number of ether oxygens (including phenoxy) is 1. The van der Waals surface area contributed by atoms with Crippen LogP contribution in [0, 0.1) is 6.92 Å². The number of carboxylic acids is 1. The Bertz CT molecular complexity index is 952. The number of nitrogens with one attached hydrogen (secondary N) is 1. The molecule has 1 aromatic heterocycles. The average Bonchev–Trinajstić information content (AvgIpc) is 3.12. The Morgan fingerprint density at radius 1 is 1.28 bits per heavy atom. The minimum absolute atomic E-state index is 0.231. The highest BCUT2D eigenvalue weighted by Gasteiger charge is 2.21. The summed E-state index contributed by atoms with van der Waals surface area (Å²) in [5, 5.41) is 23.8. The van der Waals surface area contributed by atoms with E-state index in [0.29, 0.717) is 36.5 Å². The first-order valence-electron chi connectivity index (χ1n) is 10.3. The number of aromatic nitrogens is 4. The van der Waals surface area contributed by atoms with E-state index in [0.717, 1.165) is 0 Å². The van der Waals surface area contributed by atoms with Gasteiger partial charge in [0.15, 0.2) is 5.82 Å². The van der Waals surface area contributed by atoms with Gasteiger partial charge in [0.1, 0.15) is 5.60 Å². The van der Waals surface area contributed by atoms with Crippen molar-refractivity contribution in [1.82, 2.24) is 30.4 Å². The minimum atomic E-state index is -1.02. The quantitative estimate of drug-likeness (QED) is 0.597. The average molecular weight is 447 g/mol. The smallest absolute Gasteiger partial charge is 0.410 e. The zero-order valence-electron chi connectivity index (χ0n) is 19.0. The van der Waals surface area contributed by atoms with Crippen molar-refractivity contribution in [3.8, 4) is 5.69 Å². The Morgan fingerprint density at radius 3 is 2.59 bits per heavy atom. The molecule has 2 N–H and O–H groups in total. The van der Waals surface area contributed by atoms with Crippen LogP contribution in [0.25, 0.3) is 5.69 Å². The van der Waals surface area contributed by atoms with Gasteiger partial charge in [0.25, 0.3) is 5.91 Å². The number of rotatable bonds is 9. The van der Waals surface area contributed by atoms with Gasteiger partial charge in [-0.25, -0.2) is 4.79 Å². The van der Waals surface area contributed by atoms with E-state index in [1.54, 1.807) is 59.0 Å². The molecule has 0 saturated heterocycles. The predicted molar refractivity (Wildman–Crippen MR) is 115 cm³/mol.